The summed E-state index contributed by atoms with van der Waals surface area (Å²) in [6.45, 7) is 12.7. The summed E-state index contributed by atoms with van der Waals surface area (Å²) < 4.78 is 25.5. The molecule has 12 nitrogen and oxygen atoms in total. The molecule has 12 heteroatoms. The van der Waals surface area contributed by atoms with E-state index in [0.717, 1.165) is 51.3 Å². The molecule has 8 aromatic rings. The molecule has 0 spiro atoms. The maximum atomic E-state index is 13.6. The number of ketones is 2. The summed E-state index contributed by atoms with van der Waals surface area (Å²) in [7, 11) is 0. The van der Waals surface area contributed by atoms with Gasteiger partial charge < -0.3 is 18.9 Å². The molecule has 2 unspecified atom stereocenters. The van der Waals surface area contributed by atoms with Gasteiger partial charge in [-0.15, -0.1) is 0 Å². The number of ether oxygens (including phenoxy) is 4. The second kappa shape index (κ2) is 23.6. The second-order valence-electron chi connectivity index (χ2n) is 21.6. The van der Waals surface area contributed by atoms with Gasteiger partial charge in [-0.25, -0.2) is 9.80 Å². The highest BCUT2D eigenvalue weighted by Crippen LogP contribution is 2.39. The highest BCUT2D eigenvalue weighted by atomic mass is 16.5. The number of hydrogen-bond donors (Lipinski definition) is 0. The van der Waals surface area contributed by atoms with Crippen LogP contribution >= 0.6 is 0 Å². The topological polar surface area (TPSA) is 146 Å². The summed E-state index contributed by atoms with van der Waals surface area (Å²) >= 11 is 0. The molecular formula is C71H62N2O10. The van der Waals surface area contributed by atoms with Crippen LogP contribution in [0.25, 0.3) is 0 Å². The Kier molecular flexibility index (Phi) is 16.0. The molecule has 0 aliphatic carbocycles. The molecule has 416 valence electrons. The van der Waals surface area contributed by atoms with Crippen LogP contribution in [0.15, 0.2) is 218 Å². The van der Waals surface area contributed by atoms with Crippen LogP contribution in [0.1, 0.15) is 121 Å². The van der Waals surface area contributed by atoms with Crippen molar-refractivity contribution in [2.45, 2.75) is 83.8 Å². The number of hydrogen-bond acceptors (Lipinski definition) is 10. The molecule has 0 saturated heterocycles. The van der Waals surface area contributed by atoms with Gasteiger partial charge in [0.25, 0.3) is 23.6 Å². The van der Waals surface area contributed by atoms with Crippen molar-refractivity contribution < 1.29 is 47.7 Å². The van der Waals surface area contributed by atoms with E-state index in [1.807, 2.05) is 43.3 Å². The minimum absolute atomic E-state index is 0.133. The van der Waals surface area contributed by atoms with E-state index in [0.29, 0.717) is 74.5 Å². The summed E-state index contributed by atoms with van der Waals surface area (Å²) in [5.74, 6) is 1.76. The number of carbonyl (C=O) groups excluding carboxylic acids is 6. The Hall–Kier alpha value is -9.94. The molecule has 8 aromatic carbocycles. The standard InChI is InChI=1S/C71H62N2O10/c1-7-45-70(5,82-61-33-13-49(14-34-61)68(79)48-11-31-58(32-12-48)81-60-39-27-56(28-40-60)73-65(76)43-44-66(73)77)53-19-17-51(18-20-53)69(3,4)52-23-37-59(38-24-52)80-57-29-9-47(10-30-57)67(78)50-15-35-62(36-16-50)83-71(6,46-8-2)54-21-25-55(26-22-54)72-63(74)41-42-64(72)75/h9-44H,7-8,45-46H2,1-6H3. The Morgan fingerprint density at radius 2 is 0.578 bits per heavy atom. The van der Waals surface area contributed by atoms with Gasteiger partial charge in [-0.1, -0.05) is 89.1 Å². The maximum absolute atomic E-state index is 13.6. The van der Waals surface area contributed by atoms with E-state index in [9.17, 15) is 28.8 Å². The van der Waals surface area contributed by atoms with Gasteiger partial charge in [-0.2, -0.15) is 0 Å². The van der Waals surface area contributed by atoms with Crippen molar-refractivity contribution in [1.29, 1.82) is 0 Å². The quantitative estimate of drug-likeness (QED) is 0.0475. The molecule has 0 saturated carbocycles. The average molecular weight is 1100 g/mol. The fourth-order valence-electron chi connectivity index (χ4n) is 10.6. The van der Waals surface area contributed by atoms with Gasteiger partial charge in [-0.05, 0) is 195 Å². The van der Waals surface area contributed by atoms with E-state index in [4.69, 9.17) is 18.9 Å². The first-order valence-corrected chi connectivity index (χ1v) is 27.7. The Morgan fingerprint density at radius 1 is 0.337 bits per heavy atom. The summed E-state index contributed by atoms with van der Waals surface area (Å²) in [5, 5.41) is 0. The summed E-state index contributed by atoms with van der Waals surface area (Å²) in [5.41, 5.74) is 5.50. The first-order valence-electron chi connectivity index (χ1n) is 27.7. The molecule has 2 heterocycles. The number of nitrogens with zero attached hydrogens (tertiary/aromatic N) is 2. The number of benzene rings is 8. The summed E-state index contributed by atoms with van der Waals surface area (Å²) in [6.07, 6.45) is 8.22. The third kappa shape index (κ3) is 12.2. The lowest BCUT2D eigenvalue weighted by molar-refractivity contribution is -0.121. The average Bonchev–Trinajstić information content (AvgIpc) is 4.13. The lowest BCUT2D eigenvalue weighted by Gasteiger charge is -2.32. The largest absolute Gasteiger partial charge is 0.483 e. The molecule has 2 aliphatic heterocycles. The van der Waals surface area contributed by atoms with Gasteiger partial charge >= 0.3 is 0 Å². The van der Waals surface area contributed by atoms with Crippen LogP contribution < -0.4 is 28.7 Å². The maximum Gasteiger partial charge on any atom is 0.258 e. The molecule has 0 bridgehead atoms. The van der Waals surface area contributed by atoms with Gasteiger partial charge in [0.05, 0.1) is 11.4 Å². The third-order valence-corrected chi connectivity index (χ3v) is 15.3. The SMILES string of the molecule is CCCC(C)(Oc1ccc(C(=O)c2ccc(Oc3ccc(C(C)(C)c4ccc(C(C)(CCC)Oc5ccc(C(=O)c6ccc(Oc7ccc(N8C(=O)C=CC8=O)cc7)cc6)cc5)cc4)cc3)cc2)cc1)c1ccc(N2C(=O)C=CC2=O)cc1. The van der Waals surface area contributed by atoms with E-state index in [1.54, 1.807) is 121 Å². The van der Waals surface area contributed by atoms with E-state index < -0.39 is 23.0 Å². The van der Waals surface area contributed by atoms with Gasteiger partial charge in [0.2, 0.25) is 0 Å². The normalized spacial score (nSPS) is 14.6. The molecule has 83 heavy (non-hydrogen) atoms. The van der Waals surface area contributed by atoms with Crippen molar-refractivity contribution in [1.82, 2.24) is 0 Å². The van der Waals surface area contributed by atoms with Crippen molar-refractivity contribution in [3.8, 4) is 34.5 Å². The number of rotatable bonds is 22. The monoisotopic (exact) mass is 1100 g/mol. The molecule has 2 aliphatic rings. The van der Waals surface area contributed by atoms with Crippen LogP contribution in [0.4, 0.5) is 11.4 Å². The lowest BCUT2D eigenvalue weighted by atomic mass is 9.77. The predicted octanol–water partition coefficient (Wildman–Crippen LogP) is 15.1. The van der Waals surface area contributed by atoms with Crippen LogP contribution in [-0.2, 0) is 35.8 Å². The van der Waals surface area contributed by atoms with Gasteiger partial charge in [-0.3, -0.25) is 28.8 Å². The molecule has 2 atom stereocenters. The van der Waals surface area contributed by atoms with Crippen LogP contribution in [0, 0.1) is 0 Å². The van der Waals surface area contributed by atoms with Gasteiger partial charge in [0.15, 0.2) is 11.6 Å². The van der Waals surface area contributed by atoms with Crippen LogP contribution in [-0.4, -0.2) is 35.2 Å². The molecular weight excluding hydrogens is 1040 g/mol. The zero-order valence-electron chi connectivity index (χ0n) is 47.1. The third-order valence-electron chi connectivity index (χ3n) is 15.3. The Balaban J connectivity index is 0.718. The predicted molar refractivity (Wildman–Crippen MR) is 320 cm³/mol. The second-order valence-corrected chi connectivity index (χ2v) is 21.6. The minimum atomic E-state index is -0.701. The van der Waals surface area contributed by atoms with Crippen LogP contribution in [0.3, 0.4) is 0 Å². The smallest absolute Gasteiger partial charge is 0.258 e. The van der Waals surface area contributed by atoms with Gasteiger partial charge in [0.1, 0.15) is 45.7 Å². The van der Waals surface area contributed by atoms with Crippen molar-refractivity contribution in [2.24, 2.45) is 0 Å². The lowest BCUT2D eigenvalue weighted by Crippen LogP contribution is -2.31. The number of anilines is 2. The molecule has 0 N–H and O–H groups in total. The zero-order chi connectivity index (χ0) is 58.5. The van der Waals surface area contributed by atoms with Crippen molar-refractivity contribution in [3.63, 3.8) is 0 Å². The highest BCUT2D eigenvalue weighted by Gasteiger charge is 2.33. The molecule has 0 radical (unpaired) electrons. The van der Waals surface area contributed by atoms with Gasteiger partial charge in [0, 0.05) is 52.0 Å². The number of carbonyl (C=O) groups is 6. The Morgan fingerprint density at radius 3 is 0.892 bits per heavy atom. The molecule has 0 aromatic heterocycles. The Bertz CT molecular complexity index is 3740. The Labute approximate surface area is 483 Å². The van der Waals surface area contributed by atoms with Crippen molar-refractivity contribution in [2.75, 3.05) is 9.80 Å². The number of imide groups is 2. The zero-order valence-corrected chi connectivity index (χ0v) is 47.1. The first-order chi connectivity index (χ1) is 39.9. The van der Waals surface area contributed by atoms with E-state index in [-0.39, 0.29) is 28.8 Å². The fraction of sp³-hybridized carbons (Fsp3) is 0.183. The summed E-state index contributed by atoms with van der Waals surface area (Å²) in [6, 6.07) is 58.8. The molecule has 0 fully saturated rings. The van der Waals surface area contributed by atoms with Crippen molar-refractivity contribution in [3.05, 3.63) is 263 Å². The fourth-order valence-corrected chi connectivity index (χ4v) is 10.6. The molecule has 4 amide bonds. The van der Waals surface area contributed by atoms with Crippen LogP contribution in [0.2, 0.25) is 0 Å². The molecule has 10 rings (SSSR count). The van der Waals surface area contributed by atoms with E-state index in [1.165, 1.54) is 24.3 Å². The van der Waals surface area contributed by atoms with Crippen molar-refractivity contribution >= 4 is 46.6 Å². The minimum Gasteiger partial charge on any atom is -0.483 e. The summed E-state index contributed by atoms with van der Waals surface area (Å²) in [4.78, 5) is 77.9. The van der Waals surface area contributed by atoms with E-state index >= 15 is 0 Å². The van der Waals surface area contributed by atoms with Crippen LogP contribution in [0.5, 0.6) is 34.5 Å². The van der Waals surface area contributed by atoms with E-state index in [2.05, 4.69) is 71.0 Å². The number of amides is 4. The first kappa shape index (κ1) is 56.3. The highest BCUT2D eigenvalue weighted by molar-refractivity contribution is 6.28.